The number of nitrogens with zero attached hydrogens (tertiary/aromatic N) is 4. The summed E-state index contributed by atoms with van der Waals surface area (Å²) in [4.78, 5) is 13.7. The largest absolute Gasteiger partial charge is 0.379 e. The molecule has 2 unspecified atom stereocenters. The molecule has 0 radical (unpaired) electrons. The quantitative estimate of drug-likeness (QED) is 0.613. The van der Waals surface area contributed by atoms with E-state index in [9.17, 15) is 0 Å². The molecular formula is C20H33N5OS. The van der Waals surface area contributed by atoms with Crippen LogP contribution < -0.4 is 5.32 Å². The Morgan fingerprint density at radius 1 is 1.26 bits per heavy atom. The molecule has 7 heteroatoms. The van der Waals surface area contributed by atoms with Crippen molar-refractivity contribution in [3.63, 3.8) is 0 Å². The van der Waals surface area contributed by atoms with Gasteiger partial charge in [0.15, 0.2) is 5.96 Å². The molecule has 27 heavy (non-hydrogen) atoms. The highest BCUT2D eigenvalue weighted by atomic mass is 32.1. The lowest BCUT2D eigenvalue weighted by molar-refractivity contribution is 0.0194. The van der Waals surface area contributed by atoms with Crippen molar-refractivity contribution in [1.82, 2.24) is 20.0 Å². The van der Waals surface area contributed by atoms with Crippen molar-refractivity contribution >= 4 is 17.3 Å². The number of ether oxygens (including phenoxy) is 1. The molecular weight excluding hydrogens is 358 g/mol. The molecule has 1 N–H and O–H groups in total. The van der Waals surface area contributed by atoms with Crippen LogP contribution in [0, 0.1) is 0 Å². The lowest BCUT2D eigenvalue weighted by Gasteiger charge is -2.32. The molecule has 6 nitrogen and oxygen atoms in total. The summed E-state index contributed by atoms with van der Waals surface area (Å²) >= 11 is 1.87. The maximum atomic E-state index is 5.51. The van der Waals surface area contributed by atoms with E-state index in [1.165, 1.54) is 37.2 Å². The lowest BCUT2D eigenvalue weighted by Crippen LogP contribution is -2.47. The van der Waals surface area contributed by atoms with E-state index in [1.54, 1.807) is 0 Å². The Kier molecular flexibility index (Phi) is 6.65. The number of aliphatic imine (C=N–C) groups is 1. The molecule has 0 spiro atoms. The first-order chi connectivity index (χ1) is 13.3. The van der Waals surface area contributed by atoms with Crippen LogP contribution >= 0.6 is 11.3 Å². The molecule has 4 rings (SSSR count). The van der Waals surface area contributed by atoms with Gasteiger partial charge in [-0.2, -0.15) is 0 Å². The molecule has 4 heterocycles. The van der Waals surface area contributed by atoms with Gasteiger partial charge >= 0.3 is 0 Å². The van der Waals surface area contributed by atoms with Crippen LogP contribution in [-0.4, -0.2) is 92.8 Å². The highest BCUT2D eigenvalue weighted by Gasteiger charge is 2.31. The molecule has 0 aromatic carbocycles. The summed E-state index contributed by atoms with van der Waals surface area (Å²) in [5, 5.41) is 5.89. The average molecular weight is 392 g/mol. The Labute approximate surface area is 167 Å². The summed E-state index contributed by atoms with van der Waals surface area (Å²) < 4.78 is 5.51. The molecule has 150 valence electrons. The number of thiophene rings is 1. The van der Waals surface area contributed by atoms with Crippen molar-refractivity contribution in [3.05, 3.63) is 22.4 Å². The Morgan fingerprint density at radius 2 is 2.07 bits per heavy atom. The van der Waals surface area contributed by atoms with Gasteiger partial charge in [0.2, 0.25) is 0 Å². The molecule has 0 amide bonds. The molecule has 0 saturated carbocycles. The third-order valence-electron chi connectivity index (χ3n) is 6.14. The van der Waals surface area contributed by atoms with Gasteiger partial charge in [-0.1, -0.05) is 6.07 Å². The van der Waals surface area contributed by atoms with Gasteiger partial charge in [-0.3, -0.25) is 14.8 Å². The minimum Gasteiger partial charge on any atom is -0.379 e. The molecule has 0 bridgehead atoms. The predicted molar refractivity (Wildman–Crippen MR) is 112 cm³/mol. The summed E-state index contributed by atoms with van der Waals surface area (Å²) in [7, 11) is 1.92. The molecule has 3 aliphatic rings. The van der Waals surface area contributed by atoms with Crippen LogP contribution in [0.1, 0.15) is 30.2 Å². The second kappa shape index (κ2) is 9.37. The molecule has 3 aliphatic heterocycles. The number of hydrogen-bond donors (Lipinski definition) is 1. The summed E-state index contributed by atoms with van der Waals surface area (Å²) in [5.41, 5.74) is 0. The lowest BCUT2D eigenvalue weighted by atomic mass is 10.2. The van der Waals surface area contributed by atoms with E-state index >= 15 is 0 Å². The third kappa shape index (κ3) is 4.65. The van der Waals surface area contributed by atoms with Crippen molar-refractivity contribution in [2.45, 2.75) is 31.3 Å². The van der Waals surface area contributed by atoms with Gasteiger partial charge in [0, 0.05) is 50.7 Å². The van der Waals surface area contributed by atoms with Crippen LogP contribution in [0.15, 0.2) is 22.5 Å². The maximum Gasteiger partial charge on any atom is 0.193 e. The normalized spacial score (nSPS) is 26.6. The molecule has 1 aromatic heterocycles. The number of hydrogen-bond acceptors (Lipinski definition) is 5. The zero-order valence-corrected chi connectivity index (χ0v) is 17.3. The van der Waals surface area contributed by atoms with Gasteiger partial charge in [-0.15, -0.1) is 11.3 Å². The molecule has 3 fully saturated rings. The summed E-state index contributed by atoms with van der Waals surface area (Å²) in [5.74, 6) is 1.06. The Hall–Kier alpha value is -1.15. The van der Waals surface area contributed by atoms with Gasteiger partial charge in [-0.05, 0) is 43.8 Å². The average Bonchev–Trinajstić information content (AvgIpc) is 3.49. The van der Waals surface area contributed by atoms with Crippen LogP contribution in [0.3, 0.4) is 0 Å². The SMILES string of the molecule is CN=C(NCC(c1cccs1)N1CCCC1)N1CCC(N2CCOCC2)C1. The number of rotatable bonds is 5. The minimum absolute atomic E-state index is 0.460. The predicted octanol–water partition coefficient (Wildman–Crippen LogP) is 1.87. The fourth-order valence-electron chi connectivity index (χ4n) is 4.64. The zero-order chi connectivity index (χ0) is 18.5. The van der Waals surface area contributed by atoms with Crippen molar-refractivity contribution in [1.29, 1.82) is 0 Å². The first-order valence-corrected chi connectivity index (χ1v) is 11.3. The van der Waals surface area contributed by atoms with E-state index in [0.717, 1.165) is 51.9 Å². The van der Waals surface area contributed by atoms with Crippen LogP contribution in [-0.2, 0) is 4.74 Å². The number of guanidine groups is 1. The molecule has 1 aromatic rings. The van der Waals surface area contributed by atoms with Gasteiger partial charge in [0.1, 0.15) is 0 Å². The maximum absolute atomic E-state index is 5.51. The topological polar surface area (TPSA) is 43.3 Å². The summed E-state index contributed by atoms with van der Waals surface area (Å²) in [6, 6.07) is 5.55. The van der Waals surface area contributed by atoms with Crippen molar-refractivity contribution in [3.8, 4) is 0 Å². The summed E-state index contributed by atoms with van der Waals surface area (Å²) in [6.07, 6.45) is 3.87. The van der Waals surface area contributed by atoms with Crippen molar-refractivity contribution in [2.75, 3.05) is 66.1 Å². The van der Waals surface area contributed by atoms with Crippen LogP contribution in [0.2, 0.25) is 0 Å². The van der Waals surface area contributed by atoms with Gasteiger partial charge in [-0.25, -0.2) is 0 Å². The van der Waals surface area contributed by atoms with Crippen molar-refractivity contribution in [2.24, 2.45) is 4.99 Å². The highest BCUT2D eigenvalue weighted by molar-refractivity contribution is 7.10. The van der Waals surface area contributed by atoms with Crippen LogP contribution in [0.5, 0.6) is 0 Å². The van der Waals surface area contributed by atoms with Gasteiger partial charge in [0.25, 0.3) is 0 Å². The Bertz CT molecular complexity index is 596. The standard InChI is InChI=1S/C20H33N5OS/c1-21-20(25-9-6-17(16-25)23-10-12-26-13-11-23)22-15-18(19-5-4-14-27-19)24-7-2-3-8-24/h4-5,14,17-18H,2-3,6-13,15-16H2,1H3,(H,21,22). The van der Waals surface area contributed by atoms with E-state index in [-0.39, 0.29) is 0 Å². The monoisotopic (exact) mass is 391 g/mol. The third-order valence-corrected chi connectivity index (χ3v) is 7.12. The Morgan fingerprint density at radius 3 is 2.78 bits per heavy atom. The van der Waals surface area contributed by atoms with Gasteiger partial charge < -0.3 is 15.0 Å². The van der Waals surface area contributed by atoms with Crippen molar-refractivity contribution < 1.29 is 4.74 Å². The van der Waals surface area contributed by atoms with E-state index in [1.807, 2.05) is 18.4 Å². The number of morpholine rings is 1. The summed E-state index contributed by atoms with van der Waals surface area (Å²) in [6.45, 7) is 9.43. The number of likely N-dealkylation sites (tertiary alicyclic amines) is 2. The smallest absolute Gasteiger partial charge is 0.193 e. The van der Waals surface area contributed by atoms with E-state index in [4.69, 9.17) is 4.74 Å². The molecule has 0 aliphatic carbocycles. The Balaban J connectivity index is 1.34. The first-order valence-electron chi connectivity index (χ1n) is 10.4. The second-order valence-electron chi connectivity index (χ2n) is 7.74. The minimum atomic E-state index is 0.460. The second-order valence-corrected chi connectivity index (χ2v) is 8.72. The van der Waals surface area contributed by atoms with Crippen LogP contribution in [0.4, 0.5) is 0 Å². The van der Waals surface area contributed by atoms with Crippen LogP contribution in [0.25, 0.3) is 0 Å². The molecule has 2 atom stereocenters. The highest BCUT2D eigenvalue weighted by Crippen LogP contribution is 2.28. The number of nitrogens with one attached hydrogen (secondary N) is 1. The van der Waals surface area contributed by atoms with E-state index in [0.29, 0.717) is 12.1 Å². The zero-order valence-electron chi connectivity index (χ0n) is 16.5. The molecule has 3 saturated heterocycles. The van der Waals surface area contributed by atoms with Gasteiger partial charge in [0.05, 0.1) is 19.3 Å². The van der Waals surface area contributed by atoms with E-state index < -0.39 is 0 Å². The fourth-order valence-corrected chi connectivity index (χ4v) is 5.50. The van der Waals surface area contributed by atoms with E-state index in [2.05, 4.69) is 42.5 Å². The first kappa shape index (κ1) is 19.2. The fraction of sp³-hybridized carbons (Fsp3) is 0.750.